The lowest BCUT2D eigenvalue weighted by atomic mass is 10.5. The van der Waals surface area contributed by atoms with E-state index in [0.717, 1.165) is 6.42 Å². The molecule has 0 bridgehead atoms. The summed E-state index contributed by atoms with van der Waals surface area (Å²) < 4.78 is 23.4. The molecule has 108 valence electrons. The first-order valence-electron chi connectivity index (χ1n) is 6.85. The van der Waals surface area contributed by atoms with Gasteiger partial charge in [-0.3, -0.25) is 0 Å². The summed E-state index contributed by atoms with van der Waals surface area (Å²) in [5.74, 6) is 0. The third-order valence-corrected chi connectivity index (χ3v) is 5.87. The first-order valence-corrected chi connectivity index (χ1v) is 8.65. The van der Waals surface area contributed by atoms with Gasteiger partial charge in [-0.2, -0.15) is 0 Å². The van der Waals surface area contributed by atoms with Crippen molar-refractivity contribution in [2.45, 2.75) is 46.8 Å². The number of rotatable bonds is 11. The van der Waals surface area contributed by atoms with Crippen molar-refractivity contribution in [2.24, 2.45) is 0 Å². The molecule has 0 N–H and O–H groups in total. The fraction of sp³-hybridized carbons (Fsp3) is 0.846. The predicted octanol–water partition coefficient (Wildman–Crippen LogP) is 2.95. The summed E-state index contributed by atoms with van der Waals surface area (Å²) in [6.45, 7) is 12.2. The second-order valence-electron chi connectivity index (χ2n) is 3.70. The van der Waals surface area contributed by atoms with E-state index in [0.29, 0.717) is 26.4 Å². The topological polar surface area (TPSA) is 36.9 Å². The van der Waals surface area contributed by atoms with Crippen LogP contribution < -0.4 is 0 Å². The molecule has 0 radical (unpaired) electrons. The van der Waals surface area contributed by atoms with Crippen LogP contribution in [0.25, 0.3) is 0 Å². The van der Waals surface area contributed by atoms with Gasteiger partial charge in [0, 0.05) is 19.8 Å². The van der Waals surface area contributed by atoms with Crippen molar-refractivity contribution < 1.29 is 18.0 Å². The molecule has 1 atom stereocenters. The van der Waals surface area contributed by atoms with Crippen LogP contribution >= 0.6 is 0 Å². The molecule has 0 heterocycles. The second kappa shape index (κ2) is 10.7. The van der Waals surface area contributed by atoms with Crippen LogP contribution in [0.2, 0.25) is 0 Å². The Bertz CT molecular complexity index is 204. The normalized spacial score (nSPS) is 14.3. The highest BCUT2D eigenvalue weighted by molar-refractivity contribution is 6.62. The van der Waals surface area contributed by atoms with Crippen LogP contribution in [0.1, 0.15) is 41.0 Å². The lowest BCUT2D eigenvalue weighted by Crippen LogP contribution is -2.57. The summed E-state index contributed by atoms with van der Waals surface area (Å²) in [4.78, 5) is 0. The minimum Gasteiger partial charge on any atom is -0.372 e. The van der Waals surface area contributed by atoms with Gasteiger partial charge in [-0.05, 0) is 34.1 Å². The van der Waals surface area contributed by atoms with Gasteiger partial charge in [0.2, 0.25) is 0 Å². The Hall–Kier alpha value is -0.203. The molecule has 0 saturated carbocycles. The van der Waals surface area contributed by atoms with Gasteiger partial charge in [-0.1, -0.05) is 19.1 Å². The predicted molar refractivity (Wildman–Crippen MR) is 75.5 cm³/mol. The van der Waals surface area contributed by atoms with Crippen LogP contribution in [0.3, 0.4) is 0 Å². The van der Waals surface area contributed by atoms with E-state index in [2.05, 4.69) is 6.92 Å². The molecule has 0 aliphatic carbocycles. The summed E-state index contributed by atoms with van der Waals surface area (Å²) in [5, 5.41) is 0. The maximum Gasteiger partial charge on any atom is 0.531 e. The molecule has 0 spiro atoms. The van der Waals surface area contributed by atoms with Gasteiger partial charge in [0.15, 0.2) is 0 Å². The fourth-order valence-corrected chi connectivity index (χ4v) is 4.56. The average Bonchev–Trinajstić information content (AvgIpc) is 2.35. The molecule has 18 heavy (non-hydrogen) atoms. The Morgan fingerprint density at radius 2 is 1.44 bits per heavy atom. The van der Waals surface area contributed by atoms with E-state index in [1.807, 2.05) is 39.8 Å². The smallest absolute Gasteiger partial charge is 0.372 e. The van der Waals surface area contributed by atoms with Crippen molar-refractivity contribution >= 4 is 8.80 Å². The second-order valence-corrected chi connectivity index (χ2v) is 6.42. The highest BCUT2D eigenvalue weighted by Crippen LogP contribution is 2.20. The molecule has 0 saturated heterocycles. The third-order valence-electron chi connectivity index (χ3n) is 2.43. The van der Waals surface area contributed by atoms with Crippen molar-refractivity contribution in [2.75, 3.05) is 26.4 Å². The molecule has 0 rings (SSSR count). The molecule has 0 fully saturated rings. The zero-order valence-electron chi connectivity index (χ0n) is 12.4. The molecule has 0 aromatic rings. The molecule has 0 aliphatic heterocycles. The molecule has 0 amide bonds. The van der Waals surface area contributed by atoms with Crippen LogP contribution in [-0.2, 0) is 18.0 Å². The molecule has 1 unspecified atom stereocenters. The Labute approximate surface area is 113 Å². The molecule has 5 heteroatoms. The quantitative estimate of drug-likeness (QED) is 0.429. The largest absolute Gasteiger partial charge is 0.531 e. The number of ether oxygens (including phenoxy) is 1. The summed E-state index contributed by atoms with van der Waals surface area (Å²) in [6, 6.07) is 0. The van der Waals surface area contributed by atoms with E-state index in [1.165, 1.54) is 0 Å². The van der Waals surface area contributed by atoms with E-state index in [-0.39, 0.29) is 5.73 Å². The minimum absolute atomic E-state index is 0.103. The maximum atomic E-state index is 5.85. The Kier molecular flexibility index (Phi) is 10.6. The van der Waals surface area contributed by atoms with E-state index < -0.39 is 8.80 Å². The third kappa shape index (κ3) is 5.62. The first-order chi connectivity index (χ1) is 8.70. The van der Waals surface area contributed by atoms with Crippen molar-refractivity contribution in [3.63, 3.8) is 0 Å². The molecule has 0 aliphatic rings. The standard InChI is InChI=1S/C13H28O4Si/c1-6-11-12-14-13(7-2)18(15-8-3,16-9-4)17-10-5/h6,11,13H,7-10,12H2,1-5H3/b11-6+. The van der Waals surface area contributed by atoms with Crippen LogP contribution in [0.4, 0.5) is 0 Å². The SMILES string of the molecule is C/C=C/COC(CC)[Si](OCC)(OCC)OCC. The van der Waals surface area contributed by atoms with Gasteiger partial charge < -0.3 is 18.0 Å². The van der Waals surface area contributed by atoms with Crippen LogP contribution in [-0.4, -0.2) is 41.0 Å². The lowest BCUT2D eigenvalue weighted by molar-refractivity contribution is -0.00367. The first kappa shape index (κ1) is 17.8. The highest BCUT2D eigenvalue weighted by Gasteiger charge is 2.49. The van der Waals surface area contributed by atoms with Crippen LogP contribution in [0.5, 0.6) is 0 Å². The number of hydrogen-bond donors (Lipinski definition) is 0. The maximum absolute atomic E-state index is 5.85. The zero-order chi connectivity index (χ0) is 13.9. The summed E-state index contributed by atoms with van der Waals surface area (Å²) in [5.41, 5.74) is -0.103. The van der Waals surface area contributed by atoms with Crippen molar-refractivity contribution in [1.82, 2.24) is 0 Å². The summed E-state index contributed by atoms with van der Waals surface area (Å²) in [7, 11) is -2.73. The zero-order valence-corrected chi connectivity index (χ0v) is 13.4. The van der Waals surface area contributed by atoms with Crippen molar-refractivity contribution in [3.05, 3.63) is 12.2 Å². The molecule has 4 nitrogen and oxygen atoms in total. The van der Waals surface area contributed by atoms with E-state index in [4.69, 9.17) is 18.0 Å². The van der Waals surface area contributed by atoms with Crippen LogP contribution in [0, 0.1) is 0 Å². The van der Waals surface area contributed by atoms with Crippen LogP contribution in [0.15, 0.2) is 12.2 Å². The number of allylic oxidation sites excluding steroid dienone is 1. The summed E-state index contributed by atoms with van der Waals surface area (Å²) in [6.07, 6.45) is 4.77. The van der Waals surface area contributed by atoms with E-state index in [9.17, 15) is 0 Å². The van der Waals surface area contributed by atoms with Gasteiger partial charge in [-0.15, -0.1) is 0 Å². The monoisotopic (exact) mass is 276 g/mol. The molecule has 0 aromatic heterocycles. The number of hydrogen-bond acceptors (Lipinski definition) is 4. The van der Waals surface area contributed by atoms with Crippen molar-refractivity contribution in [3.8, 4) is 0 Å². The highest BCUT2D eigenvalue weighted by atomic mass is 28.4. The molecular weight excluding hydrogens is 248 g/mol. The minimum atomic E-state index is -2.73. The Morgan fingerprint density at radius 1 is 0.944 bits per heavy atom. The lowest BCUT2D eigenvalue weighted by Gasteiger charge is -2.34. The van der Waals surface area contributed by atoms with Gasteiger partial charge in [-0.25, -0.2) is 0 Å². The van der Waals surface area contributed by atoms with Crippen molar-refractivity contribution in [1.29, 1.82) is 0 Å². The average molecular weight is 276 g/mol. The fourth-order valence-electron chi connectivity index (χ4n) is 1.75. The Morgan fingerprint density at radius 3 is 1.78 bits per heavy atom. The van der Waals surface area contributed by atoms with Gasteiger partial charge in [0.05, 0.1) is 6.61 Å². The van der Waals surface area contributed by atoms with Gasteiger partial charge >= 0.3 is 8.80 Å². The van der Waals surface area contributed by atoms with E-state index in [1.54, 1.807) is 0 Å². The van der Waals surface area contributed by atoms with Gasteiger partial charge in [0.1, 0.15) is 5.73 Å². The summed E-state index contributed by atoms with van der Waals surface area (Å²) >= 11 is 0. The molecular formula is C13H28O4Si. The van der Waals surface area contributed by atoms with Gasteiger partial charge in [0.25, 0.3) is 0 Å². The Balaban J connectivity index is 4.81. The van der Waals surface area contributed by atoms with E-state index >= 15 is 0 Å². The molecule has 0 aromatic carbocycles.